The lowest BCUT2D eigenvalue weighted by atomic mass is 9.77. The number of nitrogens with one attached hydrogen (secondary N) is 1. The number of sulfonamides is 1. The number of hydrogen-bond donors (Lipinski definition) is 1. The molecule has 0 aromatic heterocycles. The Morgan fingerprint density at radius 3 is 2.21 bits per heavy atom. The van der Waals surface area contributed by atoms with Crippen molar-refractivity contribution in [1.29, 1.82) is 0 Å². The molecule has 1 aliphatic carbocycles. The van der Waals surface area contributed by atoms with Crippen LogP contribution in [-0.4, -0.2) is 34.0 Å². The van der Waals surface area contributed by atoms with Crippen LogP contribution < -0.4 is 4.72 Å². The van der Waals surface area contributed by atoms with Crippen LogP contribution in [0.5, 0.6) is 0 Å². The van der Waals surface area contributed by atoms with E-state index in [0.717, 1.165) is 43.9 Å². The summed E-state index contributed by atoms with van der Waals surface area (Å²) in [5.41, 5.74) is 0.895. The molecule has 0 amide bonds. The summed E-state index contributed by atoms with van der Waals surface area (Å²) in [7, 11) is -6.92. The van der Waals surface area contributed by atoms with Gasteiger partial charge < -0.3 is 0 Å². The molecule has 2 aliphatic rings. The van der Waals surface area contributed by atoms with E-state index in [9.17, 15) is 16.8 Å². The van der Waals surface area contributed by atoms with Crippen molar-refractivity contribution in [3.8, 4) is 0 Å². The smallest absolute Gasteiger partial charge is 0.224 e. The molecule has 1 N–H and O–H groups in total. The molecule has 0 saturated heterocycles. The molecule has 1 aliphatic heterocycles. The Bertz CT molecular complexity index is 881. The molecule has 0 bridgehead atoms. The Hall–Kier alpha value is -0.700. The van der Waals surface area contributed by atoms with Crippen molar-refractivity contribution in [3.63, 3.8) is 0 Å². The largest absolute Gasteiger partial charge is 0.242 e. The molecule has 0 radical (unpaired) electrons. The number of alkyl halides is 1. The van der Waals surface area contributed by atoms with E-state index in [1.165, 1.54) is 12.1 Å². The highest BCUT2D eigenvalue weighted by atomic mass is 79.9. The van der Waals surface area contributed by atoms with E-state index in [-0.39, 0.29) is 4.90 Å². The third-order valence-electron chi connectivity index (χ3n) is 4.84. The van der Waals surface area contributed by atoms with Gasteiger partial charge >= 0.3 is 0 Å². The summed E-state index contributed by atoms with van der Waals surface area (Å²) < 4.78 is 51.7. The second-order valence-corrected chi connectivity index (χ2v) is 10.7. The lowest BCUT2D eigenvalue weighted by Crippen LogP contribution is -2.46. The van der Waals surface area contributed by atoms with E-state index < -0.39 is 25.4 Å². The maximum Gasteiger partial charge on any atom is 0.242 e. The first-order valence-electron chi connectivity index (χ1n) is 7.84. The minimum Gasteiger partial charge on any atom is -0.224 e. The van der Waals surface area contributed by atoms with Gasteiger partial charge in [0.2, 0.25) is 10.0 Å². The van der Waals surface area contributed by atoms with E-state index >= 15 is 0 Å². The van der Waals surface area contributed by atoms with Crippen LogP contribution in [0, 0.1) is 0 Å². The second-order valence-electron chi connectivity index (χ2n) is 6.49. The maximum absolute atomic E-state index is 12.8. The topological polar surface area (TPSA) is 80.3 Å². The summed E-state index contributed by atoms with van der Waals surface area (Å²) >= 11 is 3.46. The van der Waals surface area contributed by atoms with Gasteiger partial charge in [-0.3, -0.25) is 0 Å². The fourth-order valence-electron chi connectivity index (χ4n) is 3.68. The minimum atomic E-state index is -3.61. The number of hydrogen-bond acceptors (Lipinski definition) is 4. The lowest BCUT2D eigenvalue weighted by molar-refractivity contribution is 0.322. The molecule has 0 unspecified atom stereocenters. The first kappa shape index (κ1) is 18.1. The zero-order valence-corrected chi connectivity index (χ0v) is 16.6. The Morgan fingerprint density at radius 1 is 1.12 bits per heavy atom. The van der Waals surface area contributed by atoms with Crippen molar-refractivity contribution in [2.45, 2.75) is 42.5 Å². The molecule has 1 spiro atoms. The average molecular weight is 434 g/mol. The number of benzene rings is 1. The third-order valence-corrected chi connectivity index (χ3v) is 8.20. The number of halogens is 1. The SMILES string of the molecule is CS(=O)(=O)c1ccc(C2=C(CBr)C3(CCCCC3)NS2(=O)=O)cc1. The third kappa shape index (κ3) is 3.09. The monoisotopic (exact) mass is 433 g/mol. The molecule has 5 nitrogen and oxygen atoms in total. The van der Waals surface area contributed by atoms with E-state index in [1.807, 2.05) is 0 Å². The van der Waals surface area contributed by atoms with Crippen LogP contribution in [0.4, 0.5) is 0 Å². The number of rotatable bonds is 3. The van der Waals surface area contributed by atoms with Gasteiger partial charge in [0.1, 0.15) is 0 Å². The molecule has 1 saturated carbocycles. The highest BCUT2D eigenvalue weighted by Gasteiger charge is 2.48. The van der Waals surface area contributed by atoms with Gasteiger partial charge in [0.15, 0.2) is 9.84 Å². The van der Waals surface area contributed by atoms with E-state index in [0.29, 0.717) is 15.8 Å². The fourth-order valence-corrected chi connectivity index (χ4v) is 7.30. The quantitative estimate of drug-likeness (QED) is 0.742. The Kier molecular flexibility index (Phi) is 4.70. The highest BCUT2D eigenvalue weighted by Crippen LogP contribution is 2.46. The van der Waals surface area contributed by atoms with Crippen molar-refractivity contribution in [2.75, 3.05) is 11.6 Å². The molecule has 132 valence electrons. The Balaban J connectivity index is 2.14. The summed E-state index contributed by atoms with van der Waals surface area (Å²) in [6.07, 6.45) is 5.86. The van der Waals surface area contributed by atoms with Crippen LogP contribution in [0.25, 0.3) is 4.91 Å². The summed E-state index contributed by atoms with van der Waals surface area (Å²) in [4.78, 5) is 0.476. The molecular weight excluding hydrogens is 414 g/mol. The maximum atomic E-state index is 12.8. The average Bonchev–Trinajstić information content (AvgIpc) is 2.73. The molecular formula is C16H20BrNO4S2. The molecule has 1 aromatic carbocycles. The van der Waals surface area contributed by atoms with Crippen LogP contribution in [0.2, 0.25) is 0 Å². The molecule has 1 fully saturated rings. The van der Waals surface area contributed by atoms with Crippen LogP contribution in [-0.2, 0) is 19.9 Å². The first-order chi connectivity index (χ1) is 11.2. The Morgan fingerprint density at radius 2 is 1.71 bits per heavy atom. The van der Waals surface area contributed by atoms with Gasteiger partial charge in [-0.15, -0.1) is 0 Å². The molecule has 0 atom stereocenters. The molecule has 24 heavy (non-hydrogen) atoms. The Labute approximate surface area is 151 Å². The molecule has 1 aromatic rings. The minimum absolute atomic E-state index is 0.183. The summed E-state index contributed by atoms with van der Waals surface area (Å²) in [6.45, 7) is 0. The van der Waals surface area contributed by atoms with E-state index in [2.05, 4.69) is 20.7 Å². The summed E-state index contributed by atoms with van der Waals surface area (Å²) in [6, 6.07) is 6.08. The lowest BCUT2D eigenvalue weighted by Gasteiger charge is -2.34. The van der Waals surface area contributed by atoms with Crippen LogP contribution >= 0.6 is 15.9 Å². The van der Waals surface area contributed by atoms with Gasteiger partial charge in [-0.25, -0.2) is 21.6 Å². The van der Waals surface area contributed by atoms with Crippen molar-refractivity contribution in [2.24, 2.45) is 0 Å². The zero-order valence-electron chi connectivity index (χ0n) is 13.4. The van der Waals surface area contributed by atoms with E-state index in [1.54, 1.807) is 12.1 Å². The second kappa shape index (κ2) is 6.23. The van der Waals surface area contributed by atoms with E-state index in [4.69, 9.17) is 0 Å². The van der Waals surface area contributed by atoms with Crippen LogP contribution in [0.1, 0.15) is 37.7 Å². The van der Waals surface area contributed by atoms with Crippen molar-refractivity contribution < 1.29 is 16.8 Å². The predicted molar refractivity (Wildman–Crippen MR) is 98.1 cm³/mol. The van der Waals surface area contributed by atoms with Crippen molar-refractivity contribution in [1.82, 2.24) is 4.72 Å². The van der Waals surface area contributed by atoms with Gasteiger partial charge in [-0.1, -0.05) is 47.3 Å². The van der Waals surface area contributed by atoms with Gasteiger partial charge in [0.25, 0.3) is 0 Å². The first-order valence-corrected chi connectivity index (χ1v) is 12.3. The molecule has 8 heteroatoms. The summed E-state index contributed by atoms with van der Waals surface area (Å²) in [5.74, 6) is 0. The standard InChI is InChI=1S/C16H20BrNO4S2/c1-23(19,20)13-7-5-12(6-8-13)15-14(11-17)16(18-24(15,21)22)9-3-2-4-10-16/h5-8,18H,2-4,9-11H2,1H3. The number of sulfone groups is 1. The summed E-state index contributed by atoms with van der Waals surface area (Å²) in [5, 5.41) is 0.475. The zero-order chi connectivity index (χ0) is 17.6. The predicted octanol–water partition coefficient (Wildman–Crippen LogP) is 2.83. The van der Waals surface area contributed by atoms with Gasteiger partial charge in [0.05, 0.1) is 15.3 Å². The molecule has 3 rings (SSSR count). The van der Waals surface area contributed by atoms with Crippen molar-refractivity contribution >= 4 is 40.7 Å². The van der Waals surface area contributed by atoms with Gasteiger partial charge in [-0.05, 0) is 36.1 Å². The molecule has 1 heterocycles. The van der Waals surface area contributed by atoms with Gasteiger partial charge in [0, 0.05) is 11.6 Å². The van der Waals surface area contributed by atoms with Gasteiger partial charge in [-0.2, -0.15) is 0 Å². The van der Waals surface area contributed by atoms with Crippen molar-refractivity contribution in [3.05, 3.63) is 35.4 Å². The fraction of sp³-hybridized carbons (Fsp3) is 0.500. The highest BCUT2D eigenvalue weighted by molar-refractivity contribution is 9.09. The van der Waals surface area contributed by atoms with Crippen LogP contribution in [0.3, 0.4) is 0 Å². The normalized spacial score (nSPS) is 22.9. The van der Waals surface area contributed by atoms with Crippen LogP contribution in [0.15, 0.2) is 34.7 Å².